The first-order chi connectivity index (χ1) is 12.3. The van der Waals surface area contributed by atoms with Crippen molar-refractivity contribution in [2.75, 3.05) is 13.7 Å². The van der Waals surface area contributed by atoms with E-state index in [1.165, 1.54) is 4.90 Å². The molecule has 0 aromatic heterocycles. The summed E-state index contributed by atoms with van der Waals surface area (Å²) in [5, 5.41) is 1.17. The van der Waals surface area contributed by atoms with Gasteiger partial charge in [0.1, 0.15) is 0 Å². The maximum atomic E-state index is 12.7. The minimum atomic E-state index is -0.932. The number of hydrogen-bond donors (Lipinski definition) is 0. The predicted molar refractivity (Wildman–Crippen MR) is 104 cm³/mol. The van der Waals surface area contributed by atoms with E-state index >= 15 is 0 Å². The summed E-state index contributed by atoms with van der Waals surface area (Å²) >= 11 is 18.1. The van der Waals surface area contributed by atoms with Crippen LogP contribution in [0.1, 0.15) is 24.1 Å². The Bertz CT molecular complexity index is 810. The van der Waals surface area contributed by atoms with E-state index in [0.717, 1.165) is 0 Å². The van der Waals surface area contributed by atoms with Crippen molar-refractivity contribution in [3.8, 4) is 0 Å². The van der Waals surface area contributed by atoms with Gasteiger partial charge >= 0.3 is 5.97 Å². The van der Waals surface area contributed by atoms with Gasteiger partial charge in [-0.1, -0.05) is 59.1 Å². The van der Waals surface area contributed by atoms with Gasteiger partial charge in [-0.2, -0.15) is 0 Å². The van der Waals surface area contributed by atoms with Crippen LogP contribution in [0.3, 0.4) is 0 Å². The number of hydrogen-bond acceptors (Lipinski definition) is 3. The zero-order valence-electron chi connectivity index (χ0n) is 14.3. The molecule has 2 rings (SSSR count). The SMILES string of the molecule is CCOC(=O)C(c1ccccc1Cl)N(C)C(=O)Cc1ccc(Cl)c(Cl)c1. The molecule has 0 saturated carbocycles. The van der Waals surface area contributed by atoms with Crippen LogP contribution in [0.2, 0.25) is 15.1 Å². The number of amides is 1. The van der Waals surface area contributed by atoms with Gasteiger partial charge in [-0.15, -0.1) is 0 Å². The summed E-state index contributed by atoms with van der Waals surface area (Å²) in [4.78, 5) is 26.6. The van der Waals surface area contributed by atoms with Crippen LogP contribution < -0.4 is 0 Å². The van der Waals surface area contributed by atoms with E-state index in [-0.39, 0.29) is 18.9 Å². The van der Waals surface area contributed by atoms with Crippen LogP contribution in [0.5, 0.6) is 0 Å². The first-order valence-electron chi connectivity index (χ1n) is 7.95. The van der Waals surface area contributed by atoms with Gasteiger partial charge in [0.2, 0.25) is 5.91 Å². The fourth-order valence-corrected chi connectivity index (χ4v) is 3.06. The number of esters is 1. The molecule has 1 unspecified atom stereocenters. The molecule has 4 nitrogen and oxygen atoms in total. The van der Waals surface area contributed by atoms with Gasteiger partial charge in [0.05, 0.1) is 23.1 Å². The lowest BCUT2D eigenvalue weighted by Crippen LogP contribution is -2.38. The van der Waals surface area contributed by atoms with Gasteiger partial charge in [-0.05, 0) is 30.7 Å². The Morgan fingerprint density at radius 3 is 2.35 bits per heavy atom. The van der Waals surface area contributed by atoms with Crippen molar-refractivity contribution in [1.82, 2.24) is 4.90 Å². The number of carbonyl (C=O) groups excluding carboxylic acids is 2. The second kappa shape index (κ2) is 9.26. The summed E-state index contributed by atoms with van der Waals surface area (Å²) in [5.74, 6) is -0.813. The number of ether oxygens (including phenoxy) is 1. The van der Waals surface area contributed by atoms with Crippen molar-refractivity contribution >= 4 is 46.7 Å². The Balaban J connectivity index is 2.28. The molecule has 0 aliphatic carbocycles. The quantitative estimate of drug-likeness (QED) is 0.628. The molecular formula is C19H18Cl3NO3. The van der Waals surface area contributed by atoms with E-state index in [9.17, 15) is 9.59 Å². The minimum Gasteiger partial charge on any atom is -0.464 e. The molecule has 26 heavy (non-hydrogen) atoms. The van der Waals surface area contributed by atoms with E-state index < -0.39 is 12.0 Å². The van der Waals surface area contributed by atoms with Gasteiger partial charge in [-0.25, -0.2) is 4.79 Å². The molecule has 138 valence electrons. The van der Waals surface area contributed by atoms with Crippen LogP contribution in [0.25, 0.3) is 0 Å². The molecule has 0 aliphatic rings. The lowest BCUT2D eigenvalue weighted by molar-refractivity contribution is -0.154. The normalized spacial score (nSPS) is 11.7. The van der Waals surface area contributed by atoms with Crippen molar-refractivity contribution in [2.45, 2.75) is 19.4 Å². The Kier molecular flexibility index (Phi) is 7.33. The Morgan fingerprint density at radius 2 is 1.73 bits per heavy atom. The second-order valence-electron chi connectivity index (χ2n) is 5.61. The summed E-state index contributed by atoms with van der Waals surface area (Å²) in [7, 11) is 1.55. The molecule has 1 atom stereocenters. The lowest BCUT2D eigenvalue weighted by Gasteiger charge is -2.27. The standard InChI is InChI=1S/C19H18Cl3NO3/c1-3-26-19(25)18(13-6-4-5-7-14(13)20)23(2)17(24)11-12-8-9-15(21)16(22)10-12/h4-10,18H,3,11H2,1-2H3. The van der Waals surface area contributed by atoms with Gasteiger partial charge < -0.3 is 9.64 Å². The number of benzene rings is 2. The van der Waals surface area contributed by atoms with Crippen molar-refractivity contribution in [2.24, 2.45) is 0 Å². The average Bonchev–Trinajstić information content (AvgIpc) is 2.60. The third-order valence-electron chi connectivity index (χ3n) is 3.83. The molecule has 2 aromatic rings. The van der Waals surface area contributed by atoms with Crippen molar-refractivity contribution in [1.29, 1.82) is 0 Å². The molecule has 2 aromatic carbocycles. The van der Waals surface area contributed by atoms with E-state index in [0.29, 0.717) is 26.2 Å². The van der Waals surface area contributed by atoms with Crippen LogP contribution in [-0.2, 0) is 20.7 Å². The highest BCUT2D eigenvalue weighted by Gasteiger charge is 2.31. The van der Waals surface area contributed by atoms with E-state index in [2.05, 4.69) is 0 Å². The third-order valence-corrected chi connectivity index (χ3v) is 4.91. The van der Waals surface area contributed by atoms with Crippen molar-refractivity contribution < 1.29 is 14.3 Å². The monoisotopic (exact) mass is 413 g/mol. The fourth-order valence-electron chi connectivity index (χ4n) is 2.50. The van der Waals surface area contributed by atoms with Crippen LogP contribution in [0.4, 0.5) is 0 Å². The lowest BCUT2D eigenvalue weighted by atomic mass is 10.0. The van der Waals surface area contributed by atoms with Crippen molar-refractivity contribution in [3.05, 3.63) is 68.7 Å². The molecule has 0 aliphatic heterocycles. The first kappa shape index (κ1) is 20.6. The molecule has 1 amide bonds. The summed E-state index contributed by atoms with van der Waals surface area (Å²) in [6.07, 6.45) is 0.0632. The van der Waals surface area contributed by atoms with Gasteiger partial charge in [0.25, 0.3) is 0 Å². The van der Waals surface area contributed by atoms with E-state index in [1.54, 1.807) is 56.4 Å². The van der Waals surface area contributed by atoms with E-state index in [4.69, 9.17) is 39.5 Å². The van der Waals surface area contributed by atoms with E-state index in [1.807, 2.05) is 0 Å². The summed E-state index contributed by atoms with van der Waals surface area (Å²) in [6.45, 7) is 1.91. The van der Waals surface area contributed by atoms with Gasteiger partial charge in [0.15, 0.2) is 6.04 Å². The zero-order chi connectivity index (χ0) is 19.3. The Labute approximate surface area is 167 Å². The molecule has 7 heteroatoms. The predicted octanol–water partition coefficient (Wildman–Crippen LogP) is 4.95. The number of likely N-dealkylation sites (N-methyl/N-ethyl adjacent to an activating group) is 1. The van der Waals surface area contributed by atoms with Crippen LogP contribution >= 0.6 is 34.8 Å². The van der Waals surface area contributed by atoms with Crippen LogP contribution in [-0.4, -0.2) is 30.4 Å². The molecule has 0 radical (unpaired) electrons. The van der Waals surface area contributed by atoms with Crippen LogP contribution in [0, 0.1) is 0 Å². The molecule has 0 N–H and O–H groups in total. The molecule has 0 spiro atoms. The highest BCUT2D eigenvalue weighted by Crippen LogP contribution is 2.29. The average molecular weight is 415 g/mol. The van der Waals surface area contributed by atoms with Crippen LogP contribution in [0.15, 0.2) is 42.5 Å². The topological polar surface area (TPSA) is 46.6 Å². The number of nitrogens with zero attached hydrogens (tertiary/aromatic N) is 1. The maximum Gasteiger partial charge on any atom is 0.333 e. The largest absolute Gasteiger partial charge is 0.464 e. The van der Waals surface area contributed by atoms with Gasteiger partial charge in [-0.3, -0.25) is 4.79 Å². The van der Waals surface area contributed by atoms with Gasteiger partial charge in [0, 0.05) is 17.6 Å². The molecule has 0 saturated heterocycles. The maximum absolute atomic E-state index is 12.7. The molecule has 0 bridgehead atoms. The molecule has 0 fully saturated rings. The smallest absolute Gasteiger partial charge is 0.333 e. The first-order valence-corrected chi connectivity index (χ1v) is 9.09. The highest BCUT2D eigenvalue weighted by atomic mass is 35.5. The summed E-state index contributed by atoms with van der Waals surface area (Å²) < 4.78 is 5.14. The van der Waals surface area contributed by atoms with Crippen molar-refractivity contribution in [3.63, 3.8) is 0 Å². The molecule has 0 heterocycles. The Hall–Kier alpha value is -1.75. The minimum absolute atomic E-state index is 0.0632. The third kappa shape index (κ3) is 4.91. The second-order valence-corrected chi connectivity index (χ2v) is 6.83. The Morgan fingerprint density at radius 1 is 1.04 bits per heavy atom. The number of carbonyl (C=O) groups is 2. The zero-order valence-corrected chi connectivity index (χ0v) is 16.6. The number of halogens is 3. The summed E-state index contributed by atoms with van der Waals surface area (Å²) in [5.41, 5.74) is 1.20. The molecular weight excluding hydrogens is 397 g/mol. The summed E-state index contributed by atoms with van der Waals surface area (Å²) in [6, 6.07) is 10.9. The number of rotatable bonds is 6. The highest BCUT2D eigenvalue weighted by molar-refractivity contribution is 6.42. The fraction of sp³-hybridized carbons (Fsp3) is 0.263.